The summed E-state index contributed by atoms with van der Waals surface area (Å²) in [4.78, 5) is 0. The molecule has 0 fully saturated rings. The summed E-state index contributed by atoms with van der Waals surface area (Å²) in [5.41, 5.74) is 6.72. The number of ether oxygens (including phenoxy) is 2. The third-order valence-electron chi connectivity index (χ3n) is 2.63. The van der Waals surface area contributed by atoms with E-state index in [9.17, 15) is 5.11 Å². The van der Waals surface area contributed by atoms with E-state index in [1.165, 1.54) is 0 Å². The molecular weight excluding hydrogens is 206 g/mol. The Morgan fingerprint density at radius 3 is 2.50 bits per heavy atom. The lowest BCUT2D eigenvalue weighted by molar-refractivity contribution is 0.139. The largest absolute Gasteiger partial charge is 0.497 e. The average Bonchev–Trinajstić information content (AvgIpc) is 2.35. The van der Waals surface area contributed by atoms with E-state index in [1.54, 1.807) is 32.4 Å². The highest BCUT2D eigenvalue weighted by Gasteiger charge is 2.19. The van der Waals surface area contributed by atoms with E-state index >= 15 is 0 Å². The SMILES string of the molecule is CCC(O)C(N)c1cc(OC)ccc1OC. The van der Waals surface area contributed by atoms with Crippen LogP contribution >= 0.6 is 0 Å². The molecule has 0 bridgehead atoms. The van der Waals surface area contributed by atoms with Gasteiger partial charge in [-0.2, -0.15) is 0 Å². The van der Waals surface area contributed by atoms with Crippen molar-refractivity contribution in [3.05, 3.63) is 23.8 Å². The highest BCUT2D eigenvalue weighted by Crippen LogP contribution is 2.30. The lowest BCUT2D eigenvalue weighted by atomic mass is 9.99. The van der Waals surface area contributed by atoms with Gasteiger partial charge in [0.05, 0.1) is 26.4 Å². The Labute approximate surface area is 96.0 Å². The van der Waals surface area contributed by atoms with Crippen LogP contribution in [0.1, 0.15) is 24.9 Å². The summed E-state index contributed by atoms with van der Waals surface area (Å²) in [5, 5.41) is 9.74. The molecule has 2 atom stereocenters. The van der Waals surface area contributed by atoms with Crippen LogP contribution in [0.4, 0.5) is 0 Å². The Balaban J connectivity index is 3.07. The molecule has 0 heterocycles. The zero-order valence-corrected chi connectivity index (χ0v) is 9.93. The van der Waals surface area contributed by atoms with Crippen LogP contribution in [-0.2, 0) is 0 Å². The summed E-state index contributed by atoms with van der Waals surface area (Å²) < 4.78 is 10.3. The fourth-order valence-corrected chi connectivity index (χ4v) is 1.56. The fraction of sp³-hybridized carbons (Fsp3) is 0.500. The van der Waals surface area contributed by atoms with E-state index in [4.69, 9.17) is 15.2 Å². The normalized spacial score (nSPS) is 14.3. The van der Waals surface area contributed by atoms with E-state index < -0.39 is 12.1 Å². The Kier molecular flexibility index (Phi) is 4.58. The van der Waals surface area contributed by atoms with E-state index in [0.29, 0.717) is 17.9 Å². The highest BCUT2D eigenvalue weighted by atomic mass is 16.5. The zero-order valence-electron chi connectivity index (χ0n) is 9.93. The molecule has 1 aromatic carbocycles. The van der Waals surface area contributed by atoms with Crippen LogP contribution < -0.4 is 15.2 Å². The Bertz CT molecular complexity index is 341. The van der Waals surface area contributed by atoms with Crippen LogP contribution in [0.15, 0.2) is 18.2 Å². The first-order valence-corrected chi connectivity index (χ1v) is 5.29. The maximum atomic E-state index is 9.74. The molecule has 4 heteroatoms. The predicted octanol–water partition coefficient (Wildman–Crippen LogP) is 1.47. The monoisotopic (exact) mass is 225 g/mol. The van der Waals surface area contributed by atoms with Crippen molar-refractivity contribution in [2.75, 3.05) is 14.2 Å². The second kappa shape index (κ2) is 5.72. The lowest BCUT2D eigenvalue weighted by Crippen LogP contribution is -2.25. The van der Waals surface area contributed by atoms with Crippen molar-refractivity contribution in [1.29, 1.82) is 0 Å². The molecule has 1 rings (SSSR count). The van der Waals surface area contributed by atoms with E-state index in [-0.39, 0.29) is 0 Å². The Hall–Kier alpha value is -1.26. The van der Waals surface area contributed by atoms with Gasteiger partial charge in [0.15, 0.2) is 0 Å². The summed E-state index contributed by atoms with van der Waals surface area (Å²) >= 11 is 0. The maximum absolute atomic E-state index is 9.74. The lowest BCUT2D eigenvalue weighted by Gasteiger charge is -2.20. The average molecular weight is 225 g/mol. The Morgan fingerprint density at radius 1 is 1.31 bits per heavy atom. The van der Waals surface area contributed by atoms with Crippen molar-refractivity contribution in [2.24, 2.45) is 5.73 Å². The molecule has 2 unspecified atom stereocenters. The van der Waals surface area contributed by atoms with Gasteiger partial charge in [0.2, 0.25) is 0 Å². The van der Waals surface area contributed by atoms with Gasteiger partial charge in [-0.3, -0.25) is 0 Å². The number of hydrogen-bond donors (Lipinski definition) is 2. The van der Waals surface area contributed by atoms with Crippen molar-refractivity contribution < 1.29 is 14.6 Å². The number of methoxy groups -OCH3 is 2. The highest BCUT2D eigenvalue weighted by molar-refractivity contribution is 5.42. The molecule has 16 heavy (non-hydrogen) atoms. The van der Waals surface area contributed by atoms with E-state index in [2.05, 4.69) is 0 Å². The number of nitrogens with two attached hydrogens (primary N) is 1. The van der Waals surface area contributed by atoms with Crippen LogP contribution in [0.25, 0.3) is 0 Å². The van der Waals surface area contributed by atoms with Crippen molar-refractivity contribution in [2.45, 2.75) is 25.5 Å². The molecule has 0 aliphatic carbocycles. The first-order chi connectivity index (χ1) is 7.63. The van der Waals surface area contributed by atoms with Gasteiger partial charge in [-0.05, 0) is 24.6 Å². The maximum Gasteiger partial charge on any atom is 0.123 e. The summed E-state index contributed by atoms with van der Waals surface area (Å²) in [7, 11) is 3.17. The van der Waals surface area contributed by atoms with Gasteiger partial charge >= 0.3 is 0 Å². The molecule has 0 saturated carbocycles. The summed E-state index contributed by atoms with van der Waals surface area (Å²) in [6.07, 6.45) is 0.0163. The van der Waals surface area contributed by atoms with Gasteiger partial charge < -0.3 is 20.3 Å². The van der Waals surface area contributed by atoms with Gasteiger partial charge in [0, 0.05) is 5.56 Å². The topological polar surface area (TPSA) is 64.7 Å². The zero-order chi connectivity index (χ0) is 12.1. The molecule has 0 aromatic heterocycles. The minimum Gasteiger partial charge on any atom is -0.497 e. The third-order valence-corrected chi connectivity index (χ3v) is 2.63. The van der Waals surface area contributed by atoms with Crippen LogP contribution in [-0.4, -0.2) is 25.4 Å². The Morgan fingerprint density at radius 2 is 2.00 bits per heavy atom. The van der Waals surface area contributed by atoms with Gasteiger partial charge in [0.25, 0.3) is 0 Å². The summed E-state index contributed by atoms with van der Waals surface area (Å²) in [5.74, 6) is 1.37. The third kappa shape index (κ3) is 2.65. The first kappa shape index (κ1) is 12.8. The standard InChI is InChI=1S/C12H19NO3/c1-4-10(14)12(13)9-7-8(15-2)5-6-11(9)16-3/h5-7,10,12,14H,4,13H2,1-3H3. The second-order valence-electron chi connectivity index (χ2n) is 3.61. The quantitative estimate of drug-likeness (QED) is 0.796. The summed E-state index contributed by atoms with van der Waals surface area (Å²) in [6, 6.07) is 4.92. The van der Waals surface area contributed by atoms with Gasteiger partial charge in [-0.15, -0.1) is 0 Å². The number of aliphatic hydroxyl groups excluding tert-OH is 1. The molecule has 90 valence electrons. The smallest absolute Gasteiger partial charge is 0.123 e. The van der Waals surface area contributed by atoms with E-state index in [1.807, 2.05) is 6.92 Å². The molecule has 4 nitrogen and oxygen atoms in total. The molecular formula is C12H19NO3. The molecule has 1 aromatic rings. The second-order valence-corrected chi connectivity index (χ2v) is 3.61. The molecule has 0 aliphatic heterocycles. The van der Waals surface area contributed by atoms with Crippen molar-refractivity contribution >= 4 is 0 Å². The summed E-state index contributed by atoms with van der Waals surface area (Å²) in [6.45, 7) is 1.89. The molecule has 3 N–H and O–H groups in total. The van der Waals surface area contributed by atoms with Crippen molar-refractivity contribution in [1.82, 2.24) is 0 Å². The molecule has 0 saturated heterocycles. The van der Waals surface area contributed by atoms with Gasteiger partial charge in [-0.25, -0.2) is 0 Å². The first-order valence-electron chi connectivity index (χ1n) is 5.29. The fourth-order valence-electron chi connectivity index (χ4n) is 1.56. The number of benzene rings is 1. The number of rotatable bonds is 5. The molecule has 0 radical (unpaired) electrons. The van der Waals surface area contributed by atoms with Crippen LogP contribution in [0.2, 0.25) is 0 Å². The molecule has 0 aliphatic rings. The molecule has 0 spiro atoms. The minimum absolute atomic E-state index is 0.463. The van der Waals surface area contributed by atoms with Crippen LogP contribution in [0, 0.1) is 0 Å². The van der Waals surface area contributed by atoms with E-state index in [0.717, 1.165) is 5.56 Å². The van der Waals surface area contributed by atoms with Crippen molar-refractivity contribution in [3.63, 3.8) is 0 Å². The van der Waals surface area contributed by atoms with Crippen molar-refractivity contribution in [3.8, 4) is 11.5 Å². The molecule has 0 amide bonds. The predicted molar refractivity (Wildman–Crippen MR) is 62.8 cm³/mol. The number of hydrogen-bond acceptors (Lipinski definition) is 4. The number of aliphatic hydroxyl groups is 1. The van der Waals surface area contributed by atoms with Crippen LogP contribution in [0.3, 0.4) is 0 Å². The van der Waals surface area contributed by atoms with Gasteiger partial charge in [0.1, 0.15) is 11.5 Å². The minimum atomic E-state index is -0.582. The van der Waals surface area contributed by atoms with Crippen LogP contribution in [0.5, 0.6) is 11.5 Å². The van der Waals surface area contributed by atoms with Gasteiger partial charge in [-0.1, -0.05) is 6.92 Å².